The molecule has 0 saturated heterocycles. The number of halogens is 2. The second kappa shape index (κ2) is 4.97. The zero-order valence-corrected chi connectivity index (χ0v) is 10.9. The molecule has 0 spiro atoms. The number of nitrogens with zero attached hydrogens (tertiary/aromatic N) is 1. The number of hydrogen-bond donors (Lipinski definition) is 1. The highest BCUT2D eigenvalue weighted by molar-refractivity contribution is 7.20. The van der Waals surface area contributed by atoms with Crippen LogP contribution in [0.25, 0.3) is 10.1 Å². The van der Waals surface area contributed by atoms with E-state index in [1.165, 1.54) is 35.7 Å². The van der Waals surface area contributed by atoms with Gasteiger partial charge in [-0.25, -0.2) is 9.37 Å². The third-order valence-corrected chi connectivity index (χ3v) is 3.79. The maximum atomic E-state index is 13.1. The molecule has 1 amide bonds. The van der Waals surface area contributed by atoms with Gasteiger partial charge in [-0.05, 0) is 35.7 Å². The van der Waals surface area contributed by atoms with Crippen molar-refractivity contribution >= 4 is 33.0 Å². The smallest absolute Gasteiger partial charge is 0.265 e. The number of pyridine rings is 1. The summed E-state index contributed by atoms with van der Waals surface area (Å²) in [4.78, 5) is 15.9. The highest BCUT2D eigenvalue weighted by atomic mass is 32.1. The minimum Gasteiger partial charge on any atom is -0.320 e. The predicted octanol–water partition coefficient (Wildman–Crippen LogP) is 3.83. The van der Waals surface area contributed by atoms with Gasteiger partial charge in [-0.15, -0.1) is 11.3 Å². The first-order valence-corrected chi connectivity index (χ1v) is 6.55. The average Bonchev–Trinajstić information content (AvgIpc) is 2.84. The van der Waals surface area contributed by atoms with E-state index in [2.05, 4.69) is 10.3 Å². The second-order valence-electron chi connectivity index (χ2n) is 4.12. The van der Waals surface area contributed by atoms with Gasteiger partial charge in [-0.1, -0.05) is 6.07 Å². The Morgan fingerprint density at radius 2 is 2.00 bits per heavy atom. The Morgan fingerprint density at radius 3 is 2.75 bits per heavy atom. The van der Waals surface area contributed by atoms with E-state index in [1.54, 1.807) is 12.1 Å². The molecule has 0 fully saturated rings. The zero-order valence-electron chi connectivity index (χ0n) is 10.1. The number of aromatic nitrogens is 1. The molecule has 1 N–H and O–H groups in total. The lowest BCUT2D eigenvalue weighted by molar-refractivity contribution is 0.103. The van der Waals surface area contributed by atoms with Gasteiger partial charge in [0.05, 0.1) is 16.8 Å². The van der Waals surface area contributed by atoms with Crippen molar-refractivity contribution < 1.29 is 13.6 Å². The number of carbonyl (C=O) groups excluding carboxylic acids is 1. The lowest BCUT2D eigenvalue weighted by Crippen LogP contribution is -2.10. The number of nitrogens with one attached hydrogen (secondary N) is 1. The van der Waals surface area contributed by atoms with Gasteiger partial charge in [-0.2, -0.15) is 4.39 Å². The summed E-state index contributed by atoms with van der Waals surface area (Å²) in [5.74, 6) is -1.28. The summed E-state index contributed by atoms with van der Waals surface area (Å²) >= 11 is 1.20. The van der Waals surface area contributed by atoms with E-state index in [0.717, 1.165) is 11.5 Å². The molecular formula is C14H8F2N2OS. The van der Waals surface area contributed by atoms with Gasteiger partial charge in [0.25, 0.3) is 5.91 Å². The molecule has 3 aromatic rings. The van der Waals surface area contributed by atoms with Crippen LogP contribution in [0, 0.1) is 11.8 Å². The highest BCUT2D eigenvalue weighted by Crippen LogP contribution is 2.26. The van der Waals surface area contributed by atoms with Crippen LogP contribution in [0.3, 0.4) is 0 Å². The number of hydrogen-bond acceptors (Lipinski definition) is 3. The van der Waals surface area contributed by atoms with Crippen LogP contribution < -0.4 is 5.32 Å². The first-order valence-electron chi connectivity index (χ1n) is 5.74. The number of benzene rings is 1. The summed E-state index contributed by atoms with van der Waals surface area (Å²) in [5.41, 5.74) is 0.403. The van der Waals surface area contributed by atoms with Gasteiger partial charge in [0, 0.05) is 4.70 Å². The van der Waals surface area contributed by atoms with Crippen LogP contribution >= 0.6 is 11.3 Å². The Kier molecular flexibility index (Phi) is 3.15. The quantitative estimate of drug-likeness (QED) is 0.729. The van der Waals surface area contributed by atoms with Crippen molar-refractivity contribution in [1.29, 1.82) is 0 Å². The van der Waals surface area contributed by atoms with Gasteiger partial charge in [-0.3, -0.25) is 4.79 Å². The standard InChI is InChI=1S/C14H8F2N2OS/c15-9-2-1-8-5-12(20-11(8)6-9)14(19)18-10-3-4-13(16)17-7-10/h1-7H,(H,18,19). The fraction of sp³-hybridized carbons (Fsp3) is 0. The SMILES string of the molecule is O=C(Nc1ccc(F)nc1)c1cc2ccc(F)cc2s1. The molecule has 1 aromatic carbocycles. The lowest BCUT2D eigenvalue weighted by Gasteiger charge is -2.01. The Hall–Kier alpha value is -2.34. The van der Waals surface area contributed by atoms with E-state index in [4.69, 9.17) is 0 Å². The normalized spacial score (nSPS) is 10.7. The predicted molar refractivity (Wildman–Crippen MR) is 73.9 cm³/mol. The fourth-order valence-electron chi connectivity index (χ4n) is 1.76. The van der Waals surface area contributed by atoms with Gasteiger partial charge in [0.2, 0.25) is 5.95 Å². The summed E-state index contributed by atoms with van der Waals surface area (Å²) in [6.07, 6.45) is 1.24. The van der Waals surface area contributed by atoms with E-state index in [-0.39, 0.29) is 11.7 Å². The molecule has 0 saturated carbocycles. The van der Waals surface area contributed by atoms with Crippen LogP contribution in [0.1, 0.15) is 9.67 Å². The summed E-state index contributed by atoms with van der Waals surface area (Å²) in [6, 6.07) is 8.63. The van der Waals surface area contributed by atoms with Crippen molar-refractivity contribution in [3.05, 3.63) is 59.2 Å². The molecule has 3 rings (SSSR count). The highest BCUT2D eigenvalue weighted by Gasteiger charge is 2.11. The molecule has 0 aliphatic rings. The number of thiophene rings is 1. The Bertz CT molecular complexity index is 783. The first kappa shape index (κ1) is 12.7. The molecule has 20 heavy (non-hydrogen) atoms. The first-order chi connectivity index (χ1) is 9.61. The molecule has 6 heteroatoms. The van der Waals surface area contributed by atoms with Crippen molar-refractivity contribution in [3.63, 3.8) is 0 Å². The lowest BCUT2D eigenvalue weighted by atomic mass is 10.2. The fourth-order valence-corrected chi connectivity index (χ4v) is 2.74. The summed E-state index contributed by atoms with van der Waals surface area (Å²) in [6.45, 7) is 0. The number of fused-ring (bicyclic) bond motifs is 1. The number of carbonyl (C=O) groups is 1. The zero-order chi connectivity index (χ0) is 14.1. The van der Waals surface area contributed by atoms with Crippen LogP contribution in [-0.4, -0.2) is 10.9 Å². The molecule has 3 nitrogen and oxygen atoms in total. The molecular weight excluding hydrogens is 282 g/mol. The maximum absolute atomic E-state index is 13.1. The van der Waals surface area contributed by atoms with Gasteiger partial charge < -0.3 is 5.32 Å². The third kappa shape index (κ3) is 2.50. The van der Waals surface area contributed by atoms with E-state index >= 15 is 0 Å². The second-order valence-corrected chi connectivity index (χ2v) is 5.20. The Morgan fingerprint density at radius 1 is 1.15 bits per heavy atom. The van der Waals surface area contributed by atoms with Crippen molar-refractivity contribution in [1.82, 2.24) is 4.98 Å². The van der Waals surface area contributed by atoms with Crippen molar-refractivity contribution in [2.45, 2.75) is 0 Å². The van der Waals surface area contributed by atoms with Gasteiger partial charge >= 0.3 is 0 Å². The van der Waals surface area contributed by atoms with Crippen LogP contribution in [0.5, 0.6) is 0 Å². The molecule has 100 valence electrons. The van der Waals surface area contributed by atoms with Crippen molar-refractivity contribution in [2.75, 3.05) is 5.32 Å². The van der Waals surface area contributed by atoms with Crippen LogP contribution in [0.4, 0.5) is 14.5 Å². The van der Waals surface area contributed by atoms with E-state index in [0.29, 0.717) is 15.3 Å². The summed E-state index contributed by atoms with van der Waals surface area (Å²) in [5, 5.41) is 3.41. The molecule has 0 unspecified atom stereocenters. The number of rotatable bonds is 2. The van der Waals surface area contributed by atoms with E-state index < -0.39 is 5.95 Å². The van der Waals surface area contributed by atoms with E-state index in [1.807, 2.05) is 0 Å². The van der Waals surface area contributed by atoms with Gasteiger partial charge in [0.1, 0.15) is 5.82 Å². The van der Waals surface area contributed by atoms with Crippen molar-refractivity contribution in [2.24, 2.45) is 0 Å². The average molecular weight is 290 g/mol. The third-order valence-electron chi connectivity index (χ3n) is 2.69. The maximum Gasteiger partial charge on any atom is 0.265 e. The monoisotopic (exact) mass is 290 g/mol. The Labute approximate surface area is 116 Å². The Balaban J connectivity index is 1.86. The van der Waals surface area contributed by atoms with Crippen molar-refractivity contribution in [3.8, 4) is 0 Å². The number of anilines is 1. The molecule has 2 aromatic heterocycles. The molecule has 0 radical (unpaired) electrons. The van der Waals surface area contributed by atoms with E-state index in [9.17, 15) is 13.6 Å². The van der Waals surface area contributed by atoms with Crippen LogP contribution in [-0.2, 0) is 0 Å². The topological polar surface area (TPSA) is 42.0 Å². The van der Waals surface area contributed by atoms with Crippen LogP contribution in [0.15, 0.2) is 42.6 Å². The van der Waals surface area contributed by atoms with Crippen LogP contribution in [0.2, 0.25) is 0 Å². The molecule has 2 heterocycles. The molecule has 0 aliphatic carbocycles. The largest absolute Gasteiger partial charge is 0.320 e. The molecule has 0 atom stereocenters. The number of amides is 1. The molecule has 0 aliphatic heterocycles. The summed E-state index contributed by atoms with van der Waals surface area (Å²) in [7, 11) is 0. The molecule has 0 bridgehead atoms. The summed E-state index contributed by atoms with van der Waals surface area (Å²) < 4.78 is 26.5. The van der Waals surface area contributed by atoms with Gasteiger partial charge in [0.15, 0.2) is 0 Å². The minimum absolute atomic E-state index is 0.333. The minimum atomic E-state index is -0.611.